The molecule has 0 fully saturated rings. The van der Waals surface area contributed by atoms with E-state index in [0.29, 0.717) is 12.0 Å². The minimum atomic E-state index is 0.102. The fourth-order valence-corrected chi connectivity index (χ4v) is 2.74. The van der Waals surface area contributed by atoms with Crippen molar-refractivity contribution < 1.29 is 19.0 Å². The van der Waals surface area contributed by atoms with Gasteiger partial charge in [0.15, 0.2) is 17.3 Å². The number of hydrogen-bond acceptors (Lipinski definition) is 5. The molecule has 2 aromatic carbocycles. The van der Waals surface area contributed by atoms with Crippen molar-refractivity contribution in [2.24, 2.45) is 0 Å². The van der Waals surface area contributed by atoms with E-state index in [1.807, 2.05) is 37.3 Å². The zero-order valence-electron chi connectivity index (χ0n) is 15.9. The van der Waals surface area contributed by atoms with Crippen LogP contribution in [-0.4, -0.2) is 39.7 Å². The third-order valence-electron chi connectivity index (χ3n) is 4.26. The highest BCUT2D eigenvalue weighted by molar-refractivity contribution is 5.96. The summed E-state index contributed by atoms with van der Waals surface area (Å²) in [5, 5.41) is 3.40. The topological polar surface area (TPSA) is 56.8 Å². The molecule has 0 bridgehead atoms. The summed E-state index contributed by atoms with van der Waals surface area (Å²) in [4.78, 5) is 12.3. The Morgan fingerprint density at radius 2 is 1.65 bits per heavy atom. The minimum absolute atomic E-state index is 0.102. The Morgan fingerprint density at radius 3 is 2.27 bits per heavy atom. The molecular formula is C21H27NO4. The molecule has 0 aliphatic carbocycles. The molecule has 1 atom stereocenters. The van der Waals surface area contributed by atoms with Gasteiger partial charge in [-0.1, -0.05) is 6.07 Å². The molecule has 1 unspecified atom stereocenters. The number of ether oxygens (including phenoxy) is 3. The van der Waals surface area contributed by atoms with Crippen LogP contribution in [0.3, 0.4) is 0 Å². The number of carbonyl (C=O) groups excluding carboxylic acids is 1. The molecule has 0 aromatic heterocycles. The lowest BCUT2D eigenvalue weighted by atomic mass is 10.0. The van der Waals surface area contributed by atoms with Crippen LogP contribution in [0.5, 0.6) is 17.2 Å². The highest BCUT2D eigenvalue weighted by Crippen LogP contribution is 2.27. The van der Waals surface area contributed by atoms with Crippen molar-refractivity contribution in [3.8, 4) is 17.2 Å². The first kappa shape index (κ1) is 19.8. The molecule has 0 amide bonds. The molecule has 26 heavy (non-hydrogen) atoms. The maximum Gasteiger partial charge on any atom is 0.164 e. The molecule has 140 valence electrons. The molecule has 1 N–H and O–H groups in total. The summed E-state index contributed by atoms with van der Waals surface area (Å²) in [5.74, 6) is 2.33. The van der Waals surface area contributed by atoms with Crippen LogP contribution in [0.4, 0.5) is 0 Å². The van der Waals surface area contributed by atoms with E-state index in [1.165, 1.54) is 0 Å². The van der Waals surface area contributed by atoms with Gasteiger partial charge in [-0.2, -0.15) is 0 Å². The molecule has 0 radical (unpaired) electrons. The highest BCUT2D eigenvalue weighted by Gasteiger charge is 2.11. The number of ketones is 1. The molecule has 0 spiro atoms. The van der Waals surface area contributed by atoms with Crippen molar-refractivity contribution in [1.29, 1.82) is 0 Å². The van der Waals surface area contributed by atoms with Crippen molar-refractivity contribution in [3.05, 3.63) is 53.6 Å². The Labute approximate surface area is 155 Å². The first-order valence-electron chi connectivity index (χ1n) is 8.69. The van der Waals surface area contributed by atoms with Gasteiger partial charge in [0.25, 0.3) is 0 Å². The van der Waals surface area contributed by atoms with Gasteiger partial charge in [0.2, 0.25) is 0 Å². The van der Waals surface area contributed by atoms with Crippen LogP contribution in [0.15, 0.2) is 42.5 Å². The molecule has 0 heterocycles. The quantitative estimate of drug-likeness (QED) is 0.660. The van der Waals surface area contributed by atoms with Crippen molar-refractivity contribution >= 4 is 5.78 Å². The summed E-state index contributed by atoms with van der Waals surface area (Å²) < 4.78 is 15.7. The molecule has 0 aliphatic heterocycles. The highest BCUT2D eigenvalue weighted by atomic mass is 16.5. The van der Waals surface area contributed by atoms with E-state index in [9.17, 15) is 4.79 Å². The van der Waals surface area contributed by atoms with Crippen molar-refractivity contribution in [2.45, 2.75) is 25.8 Å². The summed E-state index contributed by atoms with van der Waals surface area (Å²) in [6.07, 6.45) is 1.31. The maximum absolute atomic E-state index is 12.3. The number of methoxy groups -OCH3 is 3. The van der Waals surface area contributed by atoms with Crippen molar-refractivity contribution in [2.75, 3.05) is 27.9 Å². The third kappa shape index (κ3) is 5.49. The van der Waals surface area contributed by atoms with E-state index in [0.717, 1.165) is 35.8 Å². The van der Waals surface area contributed by atoms with Crippen molar-refractivity contribution in [1.82, 2.24) is 5.32 Å². The van der Waals surface area contributed by atoms with Gasteiger partial charge in [0.05, 0.1) is 21.3 Å². The monoisotopic (exact) mass is 357 g/mol. The second kappa shape index (κ2) is 9.82. The maximum atomic E-state index is 12.3. The van der Waals surface area contributed by atoms with Gasteiger partial charge in [-0.3, -0.25) is 4.79 Å². The Morgan fingerprint density at radius 1 is 0.962 bits per heavy atom. The Hall–Kier alpha value is -2.53. The minimum Gasteiger partial charge on any atom is -0.497 e. The van der Waals surface area contributed by atoms with E-state index in [-0.39, 0.29) is 11.8 Å². The number of rotatable bonds is 10. The van der Waals surface area contributed by atoms with Crippen LogP contribution in [0.1, 0.15) is 29.3 Å². The predicted molar refractivity (Wildman–Crippen MR) is 103 cm³/mol. The largest absolute Gasteiger partial charge is 0.497 e. The Bertz CT molecular complexity index is 712. The summed E-state index contributed by atoms with van der Waals surface area (Å²) in [7, 11) is 4.87. The van der Waals surface area contributed by atoms with Crippen LogP contribution >= 0.6 is 0 Å². The normalized spacial score (nSPS) is 11.7. The number of carbonyl (C=O) groups is 1. The first-order valence-corrected chi connectivity index (χ1v) is 8.69. The average molecular weight is 357 g/mol. The third-order valence-corrected chi connectivity index (χ3v) is 4.26. The number of hydrogen-bond donors (Lipinski definition) is 1. The van der Waals surface area contributed by atoms with Gasteiger partial charge in [-0.05, 0) is 61.9 Å². The second-order valence-electron chi connectivity index (χ2n) is 6.15. The van der Waals surface area contributed by atoms with E-state index in [4.69, 9.17) is 14.2 Å². The second-order valence-corrected chi connectivity index (χ2v) is 6.15. The van der Waals surface area contributed by atoms with Crippen LogP contribution in [0.25, 0.3) is 0 Å². The zero-order chi connectivity index (χ0) is 18.9. The summed E-state index contributed by atoms with van der Waals surface area (Å²) in [6, 6.07) is 13.2. The van der Waals surface area contributed by atoms with Gasteiger partial charge in [-0.15, -0.1) is 0 Å². The van der Waals surface area contributed by atoms with Crippen LogP contribution in [-0.2, 0) is 6.42 Å². The van der Waals surface area contributed by atoms with Gasteiger partial charge in [0, 0.05) is 18.0 Å². The molecular weight excluding hydrogens is 330 g/mol. The first-order chi connectivity index (χ1) is 12.6. The fraction of sp³-hybridized carbons (Fsp3) is 0.381. The molecule has 2 aromatic rings. The summed E-state index contributed by atoms with van der Waals surface area (Å²) >= 11 is 0. The predicted octanol–water partition coefficient (Wildman–Crippen LogP) is 3.51. The van der Waals surface area contributed by atoms with Gasteiger partial charge in [-0.25, -0.2) is 0 Å². The smallest absolute Gasteiger partial charge is 0.164 e. The number of benzene rings is 2. The Balaban J connectivity index is 1.81. The SMILES string of the molecule is COc1ccc(C(=O)CC(C)NCCc2ccc(OC)c(OC)c2)cc1. The lowest BCUT2D eigenvalue weighted by Gasteiger charge is -2.14. The van der Waals surface area contributed by atoms with E-state index in [2.05, 4.69) is 5.32 Å². The van der Waals surface area contributed by atoms with E-state index < -0.39 is 0 Å². The lowest BCUT2D eigenvalue weighted by Crippen LogP contribution is -2.30. The molecule has 2 rings (SSSR count). The average Bonchev–Trinajstić information content (AvgIpc) is 2.67. The standard InChI is InChI=1S/C21H27NO4/c1-15(13-19(23)17-6-8-18(24-2)9-7-17)22-12-11-16-5-10-20(25-3)21(14-16)26-4/h5-10,14-15,22H,11-13H2,1-4H3. The van der Waals surface area contributed by atoms with E-state index in [1.54, 1.807) is 33.5 Å². The molecule has 0 aliphatic rings. The fourth-order valence-electron chi connectivity index (χ4n) is 2.74. The van der Waals surface area contributed by atoms with Gasteiger partial charge in [0.1, 0.15) is 5.75 Å². The number of Topliss-reactive ketones (excluding diaryl/α,β-unsaturated/α-hetero) is 1. The van der Waals surface area contributed by atoms with Gasteiger partial charge >= 0.3 is 0 Å². The summed E-state index contributed by atoms with van der Waals surface area (Å²) in [5.41, 5.74) is 1.86. The Kier molecular flexibility index (Phi) is 7.48. The van der Waals surface area contributed by atoms with Crippen LogP contribution in [0, 0.1) is 0 Å². The number of nitrogens with one attached hydrogen (secondary N) is 1. The van der Waals surface area contributed by atoms with Crippen LogP contribution < -0.4 is 19.5 Å². The van der Waals surface area contributed by atoms with Crippen LogP contribution in [0.2, 0.25) is 0 Å². The zero-order valence-corrected chi connectivity index (χ0v) is 15.9. The summed E-state index contributed by atoms with van der Waals surface area (Å²) in [6.45, 7) is 2.81. The molecule has 0 saturated carbocycles. The lowest BCUT2D eigenvalue weighted by molar-refractivity contribution is 0.0971. The van der Waals surface area contributed by atoms with E-state index >= 15 is 0 Å². The molecule has 0 saturated heterocycles. The molecule has 5 nitrogen and oxygen atoms in total. The molecule has 5 heteroatoms. The van der Waals surface area contributed by atoms with Gasteiger partial charge < -0.3 is 19.5 Å². The van der Waals surface area contributed by atoms with Crippen molar-refractivity contribution in [3.63, 3.8) is 0 Å².